The van der Waals surface area contributed by atoms with Crippen molar-refractivity contribution >= 4 is 0 Å². The van der Waals surface area contributed by atoms with Gasteiger partial charge in [0.1, 0.15) is 6.07 Å². The van der Waals surface area contributed by atoms with Gasteiger partial charge < -0.3 is 0 Å². The summed E-state index contributed by atoms with van der Waals surface area (Å²) in [5.41, 5.74) is 5.14. The number of nitrogens with zero attached hydrogens (tertiary/aromatic N) is 1. The van der Waals surface area contributed by atoms with E-state index in [4.69, 9.17) is 0 Å². The maximum absolute atomic E-state index is 9.43. The van der Waals surface area contributed by atoms with E-state index in [1.165, 1.54) is 62.5 Å². The zero-order valence-electron chi connectivity index (χ0n) is 18.7. The Morgan fingerprint density at radius 3 is 2.03 bits per heavy atom. The van der Waals surface area contributed by atoms with E-state index in [1.807, 2.05) is 12.1 Å². The second kappa shape index (κ2) is 11.6. The molecule has 3 rings (SSSR count). The van der Waals surface area contributed by atoms with Crippen molar-refractivity contribution in [1.82, 2.24) is 0 Å². The lowest BCUT2D eigenvalue weighted by atomic mass is 9.78. The molecular weight excluding hydrogens is 362 g/mol. The van der Waals surface area contributed by atoms with Crippen LogP contribution >= 0.6 is 0 Å². The second-order valence-corrected chi connectivity index (χ2v) is 8.90. The summed E-state index contributed by atoms with van der Waals surface area (Å²) in [5.74, 6) is 8.34. The first-order valence-corrected chi connectivity index (χ1v) is 11.9. The van der Waals surface area contributed by atoms with E-state index in [1.54, 1.807) is 0 Å². The third-order valence-corrected chi connectivity index (χ3v) is 6.54. The fraction of sp³-hybridized carbons (Fsp3) is 0.483. The van der Waals surface area contributed by atoms with Crippen LogP contribution in [0, 0.1) is 35.0 Å². The SMILES string of the molecule is CCCc1ccc(C#Cc2ccc(CCC3CCC(CCC)CC3)cc2)c(C#N)c1. The zero-order chi connectivity index (χ0) is 21.2. The maximum Gasteiger partial charge on any atom is 0.100 e. The molecule has 1 heteroatoms. The second-order valence-electron chi connectivity index (χ2n) is 8.90. The van der Waals surface area contributed by atoms with Crippen molar-refractivity contribution in [2.75, 3.05) is 0 Å². The molecule has 0 radical (unpaired) electrons. The molecule has 0 heterocycles. The summed E-state index contributed by atoms with van der Waals surface area (Å²) in [6.45, 7) is 4.47. The van der Waals surface area contributed by atoms with Crippen LogP contribution in [0.15, 0.2) is 42.5 Å². The molecule has 1 fully saturated rings. The highest BCUT2D eigenvalue weighted by atomic mass is 14.3. The van der Waals surface area contributed by atoms with E-state index in [0.29, 0.717) is 5.56 Å². The molecule has 0 unspecified atom stereocenters. The van der Waals surface area contributed by atoms with E-state index in [0.717, 1.165) is 35.8 Å². The summed E-state index contributed by atoms with van der Waals surface area (Å²) >= 11 is 0. The number of benzene rings is 2. The molecule has 156 valence electrons. The molecule has 1 nitrogen and oxygen atoms in total. The third-order valence-electron chi connectivity index (χ3n) is 6.54. The van der Waals surface area contributed by atoms with Crippen LogP contribution < -0.4 is 0 Å². The molecule has 0 aliphatic heterocycles. The maximum atomic E-state index is 9.43. The Kier molecular flexibility index (Phi) is 8.59. The number of hydrogen-bond donors (Lipinski definition) is 0. The molecular formula is C29H35N. The topological polar surface area (TPSA) is 23.8 Å². The van der Waals surface area contributed by atoms with Crippen molar-refractivity contribution < 1.29 is 0 Å². The highest BCUT2D eigenvalue weighted by molar-refractivity contribution is 5.52. The fourth-order valence-corrected chi connectivity index (χ4v) is 4.72. The largest absolute Gasteiger partial charge is 0.192 e. The summed E-state index contributed by atoms with van der Waals surface area (Å²) in [4.78, 5) is 0. The first-order chi connectivity index (χ1) is 14.7. The number of aryl methyl sites for hydroxylation is 2. The van der Waals surface area contributed by atoms with Gasteiger partial charge in [0, 0.05) is 11.1 Å². The van der Waals surface area contributed by atoms with Gasteiger partial charge >= 0.3 is 0 Å². The smallest absolute Gasteiger partial charge is 0.100 e. The predicted molar refractivity (Wildman–Crippen MR) is 126 cm³/mol. The Morgan fingerprint density at radius 1 is 0.733 bits per heavy atom. The Balaban J connectivity index is 1.54. The minimum atomic E-state index is 0.679. The molecule has 0 spiro atoms. The van der Waals surface area contributed by atoms with Crippen LogP contribution in [-0.4, -0.2) is 0 Å². The highest BCUT2D eigenvalue weighted by Gasteiger charge is 2.20. The first-order valence-electron chi connectivity index (χ1n) is 11.9. The van der Waals surface area contributed by atoms with Crippen molar-refractivity contribution in [3.8, 4) is 17.9 Å². The van der Waals surface area contributed by atoms with Gasteiger partial charge in [-0.2, -0.15) is 5.26 Å². The van der Waals surface area contributed by atoms with Crippen molar-refractivity contribution in [1.29, 1.82) is 5.26 Å². The van der Waals surface area contributed by atoms with Crippen molar-refractivity contribution in [3.05, 3.63) is 70.3 Å². The van der Waals surface area contributed by atoms with E-state index in [-0.39, 0.29) is 0 Å². The lowest BCUT2D eigenvalue weighted by Gasteiger charge is -2.28. The van der Waals surface area contributed by atoms with Crippen molar-refractivity contribution in [2.45, 2.75) is 78.1 Å². The van der Waals surface area contributed by atoms with Gasteiger partial charge in [0.15, 0.2) is 0 Å². The third kappa shape index (κ3) is 6.50. The van der Waals surface area contributed by atoms with Gasteiger partial charge in [-0.15, -0.1) is 0 Å². The minimum absolute atomic E-state index is 0.679. The van der Waals surface area contributed by atoms with Crippen molar-refractivity contribution in [2.24, 2.45) is 11.8 Å². The molecule has 1 aliphatic carbocycles. The van der Waals surface area contributed by atoms with E-state index in [9.17, 15) is 5.26 Å². The monoisotopic (exact) mass is 397 g/mol. The Bertz CT molecular complexity index is 896. The van der Waals surface area contributed by atoms with Gasteiger partial charge in [-0.1, -0.05) is 88.8 Å². The van der Waals surface area contributed by atoms with E-state index >= 15 is 0 Å². The molecule has 2 aromatic carbocycles. The lowest BCUT2D eigenvalue weighted by molar-refractivity contribution is 0.252. The van der Waals surface area contributed by atoms with Gasteiger partial charge in [-0.3, -0.25) is 0 Å². The molecule has 0 bridgehead atoms. The Hall–Kier alpha value is -2.51. The lowest BCUT2D eigenvalue weighted by Crippen LogP contribution is -2.15. The molecule has 0 atom stereocenters. The normalized spacial score (nSPS) is 18.3. The van der Waals surface area contributed by atoms with Crippen LogP contribution in [0.25, 0.3) is 0 Å². The summed E-state index contributed by atoms with van der Waals surface area (Å²) in [6, 6.07) is 17.0. The van der Waals surface area contributed by atoms with Crippen LogP contribution in [0.3, 0.4) is 0 Å². The molecule has 0 N–H and O–H groups in total. The molecule has 2 aromatic rings. The van der Waals surface area contributed by atoms with Crippen LogP contribution in [0.2, 0.25) is 0 Å². The minimum Gasteiger partial charge on any atom is -0.192 e. The summed E-state index contributed by atoms with van der Waals surface area (Å²) in [7, 11) is 0. The Morgan fingerprint density at radius 2 is 1.40 bits per heavy atom. The molecule has 1 saturated carbocycles. The molecule has 0 amide bonds. The van der Waals surface area contributed by atoms with Crippen LogP contribution in [-0.2, 0) is 12.8 Å². The fourth-order valence-electron chi connectivity index (χ4n) is 4.72. The van der Waals surface area contributed by atoms with E-state index < -0.39 is 0 Å². The summed E-state index contributed by atoms with van der Waals surface area (Å²) in [5, 5.41) is 9.43. The average molecular weight is 398 g/mol. The first kappa shape index (κ1) is 22.2. The highest BCUT2D eigenvalue weighted by Crippen LogP contribution is 2.33. The number of hydrogen-bond acceptors (Lipinski definition) is 1. The quantitative estimate of drug-likeness (QED) is 0.445. The molecule has 30 heavy (non-hydrogen) atoms. The van der Waals surface area contributed by atoms with E-state index in [2.05, 4.69) is 62.1 Å². The Labute approximate surface area is 183 Å². The average Bonchev–Trinajstić information content (AvgIpc) is 2.79. The van der Waals surface area contributed by atoms with Gasteiger partial charge in [0.25, 0.3) is 0 Å². The summed E-state index contributed by atoms with van der Waals surface area (Å²) in [6.07, 6.45) is 13.1. The van der Waals surface area contributed by atoms with Gasteiger partial charge in [-0.25, -0.2) is 0 Å². The zero-order valence-corrected chi connectivity index (χ0v) is 18.7. The van der Waals surface area contributed by atoms with Gasteiger partial charge in [0.2, 0.25) is 0 Å². The van der Waals surface area contributed by atoms with Crippen LogP contribution in [0.5, 0.6) is 0 Å². The van der Waals surface area contributed by atoms with Crippen LogP contribution in [0.1, 0.15) is 93.0 Å². The van der Waals surface area contributed by atoms with Crippen molar-refractivity contribution in [3.63, 3.8) is 0 Å². The molecule has 0 saturated heterocycles. The van der Waals surface area contributed by atoms with Gasteiger partial charge in [0.05, 0.1) is 5.56 Å². The molecule has 0 aromatic heterocycles. The summed E-state index contributed by atoms with van der Waals surface area (Å²) < 4.78 is 0. The number of nitriles is 1. The molecule has 1 aliphatic rings. The van der Waals surface area contributed by atoms with Gasteiger partial charge in [-0.05, 0) is 66.5 Å². The van der Waals surface area contributed by atoms with Crippen LogP contribution in [0.4, 0.5) is 0 Å². The standard InChI is InChI=1S/C29H35N/c1-3-5-23-7-9-24(10-8-23)11-12-25-13-15-26(16-14-25)17-19-28-20-18-27(6-4-2)21-29(28)22-30/h13-16,18,20-21,23-24H,3-12H2,1-2H3. The number of rotatable bonds is 7. The predicted octanol–water partition coefficient (Wildman–Crippen LogP) is 7.45.